The Bertz CT molecular complexity index is 1600. The van der Waals surface area contributed by atoms with E-state index in [1.807, 2.05) is 6.07 Å². The number of thiophene rings is 1. The molecule has 218 valence electrons. The monoisotopic (exact) mass is 589 g/mol. The zero-order valence-electron chi connectivity index (χ0n) is 23.7. The Kier molecular flexibility index (Phi) is 6.89. The lowest BCUT2D eigenvalue weighted by molar-refractivity contribution is -0.385. The second-order valence-electron chi connectivity index (χ2n) is 12.0. The summed E-state index contributed by atoms with van der Waals surface area (Å²) in [5, 5.41) is 13.7. The summed E-state index contributed by atoms with van der Waals surface area (Å²) in [7, 11) is 1.28. The first-order valence-corrected chi connectivity index (χ1v) is 14.7. The third-order valence-corrected chi connectivity index (χ3v) is 9.88. The number of rotatable bonds is 5. The molecule has 0 N–H and O–H groups in total. The van der Waals surface area contributed by atoms with E-state index in [1.54, 1.807) is 42.5 Å². The van der Waals surface area contributed by atoms with E-state index >= 15 is 0 Å². The first-order chi connectivity index (χ1) is 20.0. The minimum atomic E-state index is -1.23. The van der Waals surface area contributed by atoms with E-state index in [4.69, 9.17) is 9.57 Å². The first kappa shape index (κ1) is 28.0. The van der Waals surface area contributed by atoms with E-state index in [-0.39, 0.29) is 27.2 Å². The second kappa shape index (κ2) is 10.3. The van der Waals surface area contributed by atoms with Crippen LogP contribution in [0.5, 0.6) is 0 Å². The summed E-state index contributed by atoms with van der Waals surface area (Å²) in [4.78, 5) is 61.2. The van der Waals surface area contributed by atoms with Crippen molar-refractivity contribution in [2.45, 2.75) is 52.2 Å². The zero-order chi connectivity index (χ0) is 29.9. The first-order valence-electron chi connectivity index (χ1n) is 13.9. The van der Waals surface area contributed by atoms with Gasteiger partial charge in [0.2, 0.25) is 5.91 Å². The van der Waals surface area contributed by atoms with Crippen LogP contribution in [0, 0.1) is 27.4 Å². The topological polar surface area (TPSA) is 119 Å². The van der Waals surface area contributed by atoms with Crippen LogP contribution in [0.2, 0.25) is 0 Å². The Morgan fingerprint density at radius 3 is 2.43 bits per heavy atom. The number of imide groups is 1. The number of esters is 1. The summed E-state index contributed by atoms with van der Waals surface area (Å²) >= 11 is 1.28. The van der Waals surface area contributed by atoms with E-state index < -0.39 is 40.8 Å². The van der Waals surface area contributed by atoms with Gasteiger partial charge in [-0.05, 0) is 54.4 Å². The predicted octanol–water partition coefficient (Wildman–Crippen LogP) is 5.65. The number of amides is 2. The highest BCUT2D eigenvalue weighted by Crippen LogP contribution is 2.52. The molecule has 2 aromatic carbocycles. The fourth-order valence-electron chi connectivity index (χ4n) is 6.41. The van der Waals surface area contributed by atoms with Gasteiger partial charge in [-0.25, -0.2) is 14.8 Å². The van der Waals surface area contributed by atoms with Gasteiger partial charge >= 0.3 is 5.97 Å². The molecular weight excluding hydrogens is 558 g/mol. The molecule has 1 aliphatic carbocycles. The van der Waals surface area contributed by atoms with E-state index in [1.165, 1.54) is 29.6 Å². The molecule has 0 radical (unpaired) electrons. The molecule has 2 amide bonds. The van der Waals surface area contributed by atoms with Crippen LogP contribution < -0.4 is 9.96 Å². The molecule has 0 unspecified atom stereocenters. The van der Waals surface area contributed by atoms with Crippen LogP contribution in [0.4, 0.5) is 16.4 Å². The van der Waals surface area contributed by atoms with Crippen molar-refractivity contribution in [3.05, 3.63) is 86.3 Å². The van der Waals surface area contributed by atoms with E-state index in [0.717, 1.165) is 28.2 Å². The highest BCUT2D eigenvalue weighted by molar-refractivity contribution is 7.17. The van der Waals surface area contributed by atoms with Gasteiger partial charge in [0.15, 0.2) is 6.10 Å². The number of ether oxygens (including phenoxy) is 1. The number of hydroxylamine groups is 1. The number of hydrogen-bond acceptors (Lipinski definition) is 9. The quantitative estimate of drug-likeness (QED) is 0.162. The number of benzene rings is 2. The molecule has 4 atom stereocenters. The fourth-order valence-corrected chi connectivity index (χ4v) is 7.84. The molecule has 42 heavy (non-hydrogen) atoms. The summed E-state index contributed by atoms with van der Waals surface area (Å²) in [6.07, 6.45) is 1.01. The van der Waals surface area contributed by atoms with Crippen LogP contribution >= 0.6 is 11.3 Å². The number of anilines is 2. The molecule has 11 heteroatoms. The van der Waals surface area contributed by atoms with Crippen LogP contribution in [-0.2, 0) is 32.0 Å². The van der Waals surface area contributed by atoms with Crippen LogP contribution in [0.25, 0.3) is 0 Å². The molecule has 0 bridgehead atoms. The average Bonchev–Trinajstić information content (AvgIpc) is 3.62. The maximum absolute atomic E-state index is 14.3. The predicted molar refractivity (Wildman–Crippen MR) is 156 cm³/mol. The van der Waals surface area contributed by atoms with Crippen molar-refractivity contribution in [2.75, 3.05) is 17.1 Å². The SMILES string of the molecule is COC(=O)c1c(N2C(=O)[C@@H]3[C@@H](c4ccccc4[N+](=O)[O-])N(c4ccccc4)O[C@H]3C2=O)sc2c1CC[C@@H](C(C)(C)C)C2. The number of nitro benzene ring substituents is 1. The van der Waals surface area contributed by atoms with Gasteiger partial charge in [0.1, 0.15) is 17.0 Å². The summed E-state index contributed by atoms with van der Waals surface area (Å²) in [5.74, 6) is -2.48. The maximum Gasteiger partial charge on any atom is 0.341 e. The molecule has 3 aromatic rings. The Hall–Kier alpha value is -4.09. The lowest BCUT2D eigenvalue weighted by Gasteiger charge is -2.33. The Morgan fingerprint density at radius 1 is 1.07 bits per heavy atom. The third-order valence-electron chi connectivity index (χ3n) is 8.64. The molecule has 2 fully saturated rings. The van der Waals surface area contributed by atoms with E-state index in [0.29, 0.717) is 18.0 Å². The molecule has 0 spiro atoms. The van der Waals surface area contributed by atoms with Crippen LogP contribution in [0.3, 0.4) is 0 Å². The fraction of sp³-hybridized carbons (Fsp3) is 0.387. The highest BCUT2D eigenvalue weighted by atomic mass is 32.1. The van der Waals surface area contributed by atoms with Crippen LogP contribution in [0.15, 0.2) is 54.6 Å². The molecule has 3 heterocycles. The van der Waals surface area contributed by atoms with Crippen LogP contribution in [0.1, 0.15) is 59.6 Å². The van der Waals surface area contributed by atoms with Gasteiger partial charge in [0, 0.05) is 10.9 Å². The van der Waals surface area contributed by atoms with Crippen molar-refractivity contribution >= 4 is 45.5 Å². The molecule has 0 saturated carbocycles. The minimum Gasteiger partial charge on any atom is -0.465 e. The number of hydrogen-bond donors (Lipinski definition) is 0. The molecule has 3 aliphatic rings. The number of fused-ring (bicyclic) bond motifs is 2. The number of carbonyl (C=O) groups excluding carboxylic acids is 3. The Labute approximate surface area is 246 Å². The minimum absolute atomic E-state index is 0.0515. The van der Waals surface area contributed by atoms with E-state index in [2.05, 4.69) is 20.8 Å². The van der Waals surface area contributed by atoms with Crippen molar-refractivity contribution in [3.63, 3.8) is 0 Å². The summed E-state index contributed by atoms with van der Waals surface area (Å²) in [5.41, 5.74) is 1.75. The molecule has 1 aromatic heterocycles. The standard InChI is InChI=1S/C31H31N3O7S/c1-31(2,3)17-14-15-20-22(16-17)42-29(23(20)30(37)40-4)32-27(35)24-25(19-12-8-9-13-21(19)34(38)39)33(41-26(24)28(32)36)18-10-6-5-7-11-18/h5-13,17,24-26H,14-16H2,1-4H3/t17-,24-,25-,26-/m1/s1. The molecule has 10 nitrogen and oxygen atoms in total. The molecule has 2 saturated heterocycles. The molecule has 2 aliphatic heterocycles. The van der Waals surface area contributed by atoms with Gasteiger partial charge in [-0.2, -0.15) is 0 Å². The van der Waals surface area contributed by atoms with Gasteiger partial charge in [-0.1, -0.05) is 51.1 Å². The second-order valence-corrected chi connectivity index (χ2v) is 13.1. The highest BCUT2D eigenvalue weighted by Gasteiger charge is 2.62. The Balaban J connectivity index is 1.46. The van der Waals surface area contributed by atoms with Gasteiger partial charge in [0.25, 0.3) is 11.6 Å². The van der Waals surface area contributed by atoms with E-state index in [9.17, 15) is 24.5 Å². The molecule has 6 rings (SSSR count). The van der Waals surface area contributed by atoms with Crippen molar-refractivity contribution in [1.82, 2.24) is 0 Å². The van der Waals surface area contributed by atoms with Crippen molar-refractivity contribution in [2.24, 2.45) is 17.3 Å². The number of nitrogens with zero attached hydrogens (tertiary/aromatic N) is 3. The number of nitro groups is 1. The lowest BCUT2D eigenvalue weighted by atomic mass is 9.72. The maximum atomic E-state index is 14.3. The summed E-state index contributed by atoms with van der Waals surface area (Å²) < 4.78 is 5.13. The van der Waals surface area contributed by atoms with Gasteiger partial charge in [-0.15, -0.1) is 11.3 Å². The Morgan fingerprint density at radius 2 is 1.76 bits per heavy atom. The number of carbonyl (C=O) groups is 3. The van der Waals surface area contributed by atoms with Gasteiger partial charge in [0.05, 0.1) is 28.8 Å². The van der Waals surface area contributed by atoms with Crippen LogP contribution in [-0.4, -0.2) is 35.9 Å². The normalized spacial score (nSPS) is 23.6. The smallest absolute Gasteiger partial charge is 0.341 e. The van der Waals surface area contributed by atoms with Crippen molar-refractivity contribution < 1.29 is 28.9 Å². The summed E-state index contributed by atoms with van der Waals surface area (Å²) in [6.45, 7) is 6.56. The lowest BCUT2D eigenvalue weighted by Crippen LogP contribution is -2.37. The average molecular weight is 590 g/mol. The number of para-hydroxylation sites is 2. The largest absolute Gasteiger partial charge is 0.465 e. The van der Waals surface area contributed by atoms with Gasteiger partial charge in [-0.3, -0.25) is 24.5 Å². The van der Waals surface area contributed by atoms with Crippen molar-refractivity contribution in [3.8, 4) is 0 Å². The number of methoxy groups -OCH3 is 1. The molecular formula is C31H31N3O7S. The zero-order valence-corrected chi connectivity index (χ0v) is 24.6. The third kappa shape index (κ3) is 4.38. The van der Waals surface area contributed by atoms with Crippen molar-refractivity contribution in [1.29, 1.82) is 0 Å². The summed E-state index contributed by atoms with van der Waals surface area (Å²) in [6, 6.07) is 14.1. The van der Waals surface area contributed by atoms with Gasteiger partial charge < -0.3 is 4.74 Å².